The van der Waals surface area contributed by atoms with Crippen LogP contribution in [0.4, 0.5) is 11.6 Å². The predicted octanol–water partition coefficient (Wildman–Crippen LogP) is 2.03. The van der Waals surface area contributed by atoms with E-state index in [2.05, 4.69) is 30.6 Å². The molecule has 0 spiro atoms. The molecule has 8 heteroatoms. The van der Waals surface area contributed by atoms with Gasteiger partial charge >= 0.3 is 0 Å². The van der Waals surface area contributed by atoms with E-state index in [4.69, 9.17) is 4.74 Å². The molecule has 3 aromatic rings. The van der Waals surface area contributed by atoms with Crippen molar-refractivity contribution in [2.75, 3.05) is 18.5 Å². The molecule has 0 radical (unpaired) electrons. The van der Waals surface area contributed by atoms with Crippen LogP contribution < -0.4 is 5.32 Å². The number of nitrogens with zero attached hydrogens (tertiary/aromatic N) is 5. The number of ether oxygens (including phenoxy) is 1. The summed E-state index contributed by atoms with van der Waals surface area (Å²) in [4.78, 5) is 9.06. The summed E-state index contributed by atoms with van der Waals surface area (Å²) in [5.74, 6) is 1.87. The molecule has 4 heterocycles. The maximum absolute atomic E-state index is 5.55. The average Bonchev–Trinajstić information content (AvgIpc) is 3.15. The van der Waals surface area contributed by atoms with Crippen molar-refractivity contribution >= 4 is 22.8 Å². The number of hydrogen-bond donors (Lipinski definition) is 2. The number of rotatable bonds is 4. The van der Waals surface area contributed by atoms with Crippen LogP contribution in [0, 0.1) is 12.8 Å². The largest absolute Gasteiger partial charge is 0.381 e. The van der Waals surface area contributed by atoms with E-state index in [1.807, 2.05) is 17.7 Å². The molecule has 0 amide bonds. The first-order valence-electron chi connectivity index (χ1n) is 7.83. The van der Waals surface area contributed by atoms with Crippen LogP contribution >= 0.6 is 0 Å². The molecule has 0 saturated carbocycles. The highest BCUT2D eigenvalue weighted by molar-refractivity contribution is 5.71. The summed E-state index contributed by atoms with van der Waals surface area (Å²) < 4.78 is 7.47. The van der Waals surface area contributed by atoms with Crippen molar-refractivity contribution in [2.45, 2.75) is 26.3 Å². The molecule has 120 valence electrons. The van der Waals surface area contributed by atoms with Gasteiger partial charge in [-0.25, -0.2) is 14.6 Å². The number of nitrogens with one attached hydrogen (secondary N) is 2. The topological polar surface area (TPSA) is 93.5 Å². The Kier molecular flexibility index (Phi) is 3.66. The van der Waals surface area contributed by atoms with E-state index in [1.54, 1.807) is 12.4 Å². The molecule has 23 heavy (non-hydrogen) atoms. The Morgan fingerprint density at radius 1 is 1.39 bits per heavy atom. The van der Waals surface area contributed by atoms with E-state index < -0.39 is 0 Å². The quantitative estimate of drug-likeness (QED) is 0.765. The third kappa shape index (κ3) is 3.02. The minimum atomic E-state index is 0.485. The Labute approximate surface area is 133 Å². The second kappa shape index (κ2) is 5.96. The van der Waals surface area contributed by atoms with Gasteiger partial charge in [0.2, 0.25) is 0 Å². The molecule has 1 aliphatic rings. The lowest BCUT2D eigenvalue weighted by Crippen LogP contribution is -2.22. The molecule has 4 rings (SSSR count). The Balaban J connectivity index is 1.57. The standard InChI is InChI=1S/C15H19N7O/c1-10-5-13(21-20-10)18-14-7-16-12-6-17-22(15(12)19-14)8-11-3-2-4-23-9-11/h5-7,11H,2-4,8-9H2,1H3,(H2,18,19,20,21)/t11-/m1/s1. The van der Waals surface area contributed by atoms with Crippen LogP contribution in [0.3, 0.4) is 0 Å². The summed E-state index contributed by atoms with van der Waals surface area (Å²) in [6.07, 6.45) is 5.73. The monoisotopic (exact) mass is 313 g/mol. The number of hydrogen-bond acceptors (Lipinski definition) is 6. The van der Waals surface area contributed by atoms with Crippen LogP contribution in [0.15, 0.2) is 18.5 Å². The van der Waals surface area contributed by atoms with Crippen LogP contribution in [-0.2, 0) is 11.3 Å². The maximum Gasteiger partial charge on any atom is 0.178 e. The van der Waals surface area contributed by atoms with Crippen molar-refractivity contribution in [1.82, 2.24) is 29.9 Å². The zero-order valence-electron chi connectivity index (χ0n) is 13.0. The molecule has 2 N–H and O–H groups in total. The molecule has 1 aliphatic heterocycles. The third-order valence-corrected chi connectivity index (χ3v) is 3.99. The van der Waals surface area contributed by atoms with E-state index in [0.29, 0.717) is 11.7 Å². The second-order valence-electron chi connectivity index (χ2n) is 5.94. The van der Waals surface area contributed by atoms with Crippen molar-refractivity contribution in [3.8, 4) is 0 Å². The molecule has 1 fully saturated rings. The summed E-state index contributed by atoms with van der Waals surface area (Å²) in [6.45, 7) is 4.42. The number of aromatic nitrogens is 6. The van der Waals surface area contributed by atoms with Crippen LogP contribution in [-0.4, -0.2) is 43.2 Å². The average molecular weight is 313 g/mol. The van der Waals surface area contributed by atoms with Crippen LogP contribution in [0.5, 0.6) is 0 Å². The van der Waals surface area contributed by atoms with Crippen molar-refractivity contribution < 1.29 is 4.74 Å². The Morgan fingerprint density at radius 2 is 2.35 bits per heavy atom. The molecule has 1 atom stereocenters. The van der Waals surface area contributed by atoms with E-state index in [-0.39, 0.29) is 0 Å². The molecule has 3 aromatic heterocycles. The predicted molar refractivity (Wildman–Crippen MR) is 85.5 cm³/mol. The van der Waals surface area contributed by atoms with Gasteiger partial charge in [-0.15, -0.1) is 0 Å². The van der Waals surface area contributed by atoms with Gasteiger partial charge in [-0.05, 0) is 19.8 Å². The molecule has 0 aromatic carbocycles. The molecule has 0 unspecified atom stereocenters. The van der Waals surface area contributed by atoms with Crippen molar-refractivity contribution in [2.24, 2.45) is 5.92 Å². The molecule has 0 bridgehead atoms. The third-order valence-electron chi connectivity index (χ3n) is 3.99. The minimum absolute atomic E-state index is 0.485. The highest BCUT2D eigenvalue weighted by Gasteiger charge is 2.17. The van der Waals surface area contributed by atoms with E-state index in [9.17, 15) is 0 Å². The van der Waals surface area contributed by atoms with Gasteiger partial charge in [0.05, 0.1) is 19.0 Å². The fourth-order valence-corrected chi connectivity index (χ4v) is 2.85. The van der Waals surface area contributed by atoms with Gasteiger partial charge in [0, 0.05) is 30.8 Å². The van der Waals surface area contributed by atoms with Gasteiger partial charge in [-0.3, -0.25) is 5.10 Å². The Morgan fingerprint density at radius 3 is 3.13 bits per heavy atom. The first-order chi connectivity index (χ1) is 11.3. The number of aryl methyl sites for hydroxylation is 1. The zero-order valence-corrected chi connectivity index (χ0v) is 13.0. The van der Waals surface area contributed by atoms with Gasteiger partial charge in [0.1, 0.15) is 5.52 Å². The lowest BCUT2D eigenvalue weighted by Gasteiger charge is -2.21. The number of H-pyrrole nitrogens is 1. The van der Waals surface area contributed by atoms with Gasteiger partial charge in [0.25, 0.3) is 0 Å². The smallest absolute Gasteiger partial charge is 0.178 e. The summed E-state index contributed by atoms with van der Waals surface area (Å²) in [5, 5.41) is 14.6. The maximum atomic E-state index is 5.55. The SMILES string of the molecule is Cc1cc(Nc2cnc3cnn(C[C@H]4CCCOC4)c3n2)n[nH]1. The summed E-state index contributed by atoms with van der Waals surface area (Å²) in [7, 11) is 0. The fraction of sp³-hybridized carbons (Fsp3) is 0.467. The molecular formula is C15H19N7O. The Bertz CT molecular complexity index is 803. The van der Waals surface area contributed by atoms with E-state index >= 15 is 0 Å². The van der Waals surface area contributed by atoms with Crippen LogP contribution in [0.2, 0.25) is 0 Å². The number of anilines is 2. The summed E-state index contributed by atoms with van der Waals surface area (Å²) in [6, 6.07) is 1.92. The Hall–Kier alpha value is -2.48. The van der Waals surface area contributed by atoms with E-state index in [1.165, 1.54) is 6.42 Å². The van der Waals surface area contributed by atoms with Crippen LogP contribution in [0.25, 0.3) is 11.2 Å². The lowest BCUT2D eigenvalue weighted by molar-refractivity contribution is 0.0474. The highest BCUT2D eigenvalue weighted by Crippen LogP contribution is 2.19. The summed E-state index contributed by atoms with van der Waals surface area (Å²) >= 11 is 0. The zero-order chi connectivity index (χ0) is 15.6. The summed E-state index contributed by atoms with van der Waals surface area (Å²) in [5.41, 5.74) is 2.57. The second-order valence-corrected chi connectivity index (χ2v) is 5.94. The van der Waals surface area contributed by atoms with Crippen molar-refractivity contribution in [3.63, 3.8) is 0 Å². The molecule has 1 saturated heterocycles. The van der Waals surface area contributed by atoms with E-state index in [0.717, 1.165) is 48.9 Å². The van der Waals surface area contributed by atoms with Crippen LogP contribution in [0.1, 0.15) is 18.5 Å². The van der Waals surface area contributed by atoms with Crippen molar-refractivity contribution in [1.29, 1.82) is 0 Å². The normalized spacial score (nSPS) is 18.4. The molecule has 8 nitrogen and oxygen atoms in total. The minimum Gasteiger partial charge on any atom is -0.381 e. The van der Waals surface area contributed by atoms with Gasteiger partial charge in [0.15, 0.2) is 17.3 Å². The first kappa shape index (κ1) is 14.1. The van der Waals surface area contributed by atoms with Crippen molar-refractivity contribution in [3.05, 3.63) is 24.2 Å². The van der Waals surface area contributed by atoms with Gasteiger partial charge < -0.3 is 10.1 Å². The molecular weight excluding hydrogens is 294 g/mol. The van der Waals surface area contributed by atoms with Gasteiger partial charge in [-0.2, -0.15) is 10.2 Å². The fourth-order valence-electron chi connectivity index (χ4n) is 2.85. The molecule has 0 aliphatic carbocycles. The lowest BCUT2D eigenvalue weighted by atomic mass is 10.0. The number of aromatic amines is 1. The van der Waals surface area contributed by atoms with Gasteiger partial charge in [-0.1, -0.05) is 0 Å². The number of fused-ring (bicyclic) bond motifs is 1. The first-order valence-corrected chi connectivity index (χ1v) is 7.83. The highest BCUT2D eigenvalue weighted by atomic mass is 16.5.